The van der Waals surface area contributed by atoms with Crippen LogP contribution < -0.4 is 0 Å². The third kappa shape index (κ3) is 4.40. The van der Waals surface area contributed by atoms with Crippen molar-refractivity contribution in [3.05, 3.63) is 42.1 Å². The number of pyridine rings is 1. The van der Waals surface area contributed by atoms with Gasteiger partial charge in [-0.2, -0.15) is 0 Å². The van der Waals surface area contributed by atoms with Gasteiger partial charge in [-0.1, -0.05) is 12.1 Å². The van der Waals surface area contributed by atoms with Crippen LogP contribution in [0.15, 0.2) is 36.5 Å². The third-order valence-electron chi connectivity index (χ3n) is 4.84. The minimum absolute atomic E-state index is 0.0143. The zero-order valence-corrected chi connectivity index (χ0v) is 16.1. The number of amides is 1. The van der Waals surface area contributed by atoms with Crippen LogP contribution in [0.5, 0.6) is 0 Å². The molecular formula is C19H25N3O3S. The lowest BCUT2D eigenvalue weighted by atomic mass is 10.1. The Morgan fingerprint density at radius 3 is 2.81 bits per heavy atom. The van der Waals surface area contributed by atoms with Crippen LogP contribution in [0.25, 0.3) is 10.9 Å². The Hall–Kier alpha value is -1.99. The molecule has 1 aliphatic rings. The smallest absolute Gasteiger partial charge is 0.237 e. The van der Waals surface area contributed by atoms with Crippen molar-refractivity contribution in [1.29, 1.82) is 0 Å². The maximum absolute atomic E-state index is 12.7. The second-order valence-electron chi connectivity index (χ2n) is 6.94. The molecule has 1 fully saturated rings. The number of likely N-dealkylation sites (N-methyl/N-ethyl adjacent to an activating group) is 2. The highest BCUT2D eigenvalue weighted by Crippen LogP contribution is 2.18. The normalized spacial score (nSPS) is 19.1. The number of hydrogen-bond acceptors (Lipinski definition) is 5. The van der Waals surface area contributed by atoms with Crippen LogP contribution in [0.2, 0.25) is 0 Å². The molecule has 1 aliphatic heterocycles. The molecule has 0 aliphatic carbocycles. The Kier molecular flexibility index (Phi) is 5.58. The molecule has 1 saturated heterocycles. The quantitative estimate of drug-likeness (QED) is 0.769. The Morgan fingerprint density at radius 2 is 2.12 bits per heavy atom. The van der Waals surface area contributed by atoms with E-state index in [0.717, 1.165) is 16.5 Å². The van der Waals surface area contributed by atoms with E-state index in [-0.39, 0.29) is 30.0 Å². The minimum Gasteiger partial charge on any atom is -0.338 e. The highest BCUT2D eigenvalue weighted by molar-refractivity contribution is 7.91. The molecule has 1 atom stereocenters. The van der Waals surface area contributed by atoms with Crippen LogP contribution in [0.4, 0.5) is 0 Å². The molecule has 1 aromatic carbocycles. The number of nitrogens with zero attached hydrogens (tertiary/aromatic N) is 3. The molecule has 0 radical (unpaired) electrons. The second-order valence-corrected chi connectivity index (χ2v) is 9.17. The van der Waals surface area contributed by atoms with Gasteiger partial charge >= 0.3 is 0 Å². The molecule has 26 heavy (non-hydrogen) atoms. The fourth-order valence-corrected chi connectivity index (χ4v) is 5.30. The maximum Gasteiger partial charge on any atom is 0.237 e. The van der Waals surface area contributed by atoms with Crippen molar-refractivity contribution in [2.24, 2.45) is 0 Å². The largest absolute Gasteiger partial charge is 0.338 e. The fraction of sp³-hybridized carbons (Fsp3) is 0.474. The monoisotopic (exact) mass is 375 g/mol. The maximum atomic E-state index is 12.7. The van der Waals surface area contributed by atoms with Crippen LogP contribution >= 0.6 is 0 Å². The number of hydrogen-bond donors (Lipinski definition) is 0. The Labute approximate surface area is 154 Å². The van der Waals surface area contributed by atoms with Gasteiger partial charge in [0.1, 0.15) is 0 Å². The van der Waals surface area contributed by atoms with Gasteiger partial charge in [-0.3, -0.25) is 14.7 Å². The molecule has 1 unspecified atom stereocenters. The zero-order valence-electron chi connectivity index (χ0n) is 15.3. The number of rotatable bonds is 6. The van der Waals surface area contributed by atoms with Crippen LogP contribution in [-0.2, 0) is 21.2 Å². The topological polar surface area (TPSA) is 70.6 Å². The predicted octanol–water partition coefficient (Wildman–Crippen LogP) is 1.70. The van der Waals surface area contributed by atoms with Crippen LogP contribution in [-0.4, -0.2) is 66.8 Å². The highest BCUT2D eigenvalue weighted by Gasteiger charge is 2.33. The fourth-order valence-electron chi connectivity index (χ4n) is 3.57. The number of fused-ring (bicyclic) bond motifs is 1. The van der Waals surface area contributed by atoms with Crippen molar-refractivity contribution in [2.45, 2.75) is 25.9 Å². The van der Waals surface area contributed by atoms with E-state index >= 15 is 0 Å². The summed E-state index contributed by atoms with van der Waals surface area (Å²) in [6.45, 7) is 3.36. The van der Waals surface area contributed by atoms with Gasteiger partial charge < -0.3 is 4.90 Å². The van der Waals surface area contributed by atoms with Gasteiger partial charge in [0.05, 0.1) is 23.6 Å². The van der Waals surface area contributed by atoms with E-state index in [1.54, 1.807) is 11.1 Å². The van der Waals surface area contributed by atoms with E-state index < -0.39 is 9.84 Å². The summed E-state index contributed by atoms with van der Waals surface area (Å²) in [5.41, 5.74) is 2.07. The molecule has 2 heterocycles. The standard InChI is InChI=1S/C19H25N3O3S/c1-3-22(17-8-10-26(24,25)14-17)19(23)13-21(2)12-15-6-7-18-16(11-15)5-4-9-20-18/h4-7,9,11,17H,3,8,10,12-14H2,1-2H3. The lowest BCUT2D eigenvalue weighted by Crippen LogP contribution is -2.45. The zero-order chi connectivity index (χ0) is 18.7. The van der Waals surface area contributed by atoms with E-state index in [1.165, 1.54) is 0 Å². The molecule has 140 valence electrons. The number of sulfone groups is 1. The summed E-state index contributed by atoms with van der Waals surface area (Å²) in [6.07, 6.45) is 2.32. The summed E-state index contributed by atoms with van der Waals surface area (Å²) >= 11 is 0. The minimum atomic E-state index is -3.00. The summed E-state index contributed by atoms with van der Waals surface area (Å²) in [5, 5.41) is 1.08. The Morgan fingerprint density at radius 1 is 1.31 bits per heavy atom. The third-order valence-corrected chi connectivity index (χ3v) is 6.59. The number of carbonyl (C=O) groups excluding carboxylic acids is 1. The second kappa shape index (κ2) is 7.72. The van der Waals surface area contributed by atoms with Crippen LogP contribution in [0, 0.1) is 0 Å². The first-order chi connectivity index (χ1) is 12.4. The van der Waals surface area contributed by atoms with Crippen molar-refractivity contribution >= 4 is 26.6 Å². The van der Waals surface area contributed by atoms with E-state index in [9.17, 15) is 13.2 Å². The van der Waals surface area contributed by atoms with E-state index in [2.05, 4.69) is 11.1 Å². The van der Waals surface area contributed by atoms with Gasteiger partial charge in [-0.25, -0.2) is 8.42 Å². The summed E-state index contributed by atoms with van der Waals surface area (Å²) in [6, 6.07) is 9.85. The van der Waals surface area contributed by atoms with Crippen molar-refractivity contribution in [3.63, 3.8) is 0 Å². The van der Waals surface area contributed by atoms with Crippen LogP contribution in [0.3, 0.4) is 0 Å². The van der Waals surface area contributed by atoms with Crippen molar-refractivity contribution in [1.82, 2.24) is 14.8 Å². The van der Waals surface area contributed by atoms with Gasteiger partial charge in [0.25, 0.3) is 0 Å². The van der Waals surface area contributed by atoms with Crippen molar-refractivity contribution in [3.8, 4) is 0 Å². The molecule has 1 amide bonds. The van der Waals surface area contributed by atoms with Gasteiger partial charge in [-0.05, 0) is 44.2 Å². The van der Waals surface area contributed by atoms with Crippen molar-refractivity contribution < 1.29 is 13.2 Å². The molecule has 7 heteroatoms. The Balaban J connectivity index is 1.62. The SMILES string of the molecule is CCN(C(=O)CN(C)Cc1ccc2ncccc2c1)C1CCS(=O)(=O)C1. The van der Waals surface area contributed by atoms with Gasteiger partial charge in [0, 0.05) is 30.7 Å². The Bertz CT molecular complexity index is 898. The van der Waals surface area contributed by atoms with E-state index in [1.807, 2.05) is 43.1 Å². The molecule has 0 N–H and O–H groups in total. The summed E-state index contributed by atoms with van der Waals surface area (Å²) < 4.78 is 23.4. The molecule has 1 aromatic heterocycles. The summed E-state index contributed by atoms with van der Waals surface area (Å²) in [7, 11) is -1.09. The van der Waals surface area contributed by atoms with Crippen LogP contribution in [0.1, 0.15) is 18.9 Å². The van der Waals surface area contributed by atoms with Gasteiger partial charge in [0.15, 0.2) is 9.84 Å². The first-order valence-corrected chi connectivity index (χ1v) is 10.7. The van der Waals surface area contributed by atoms with Gasteiger partial charge in [0.2, 0.25) is 5.91 Å². The number of benzene rings is 1. The number of carbonyl (C=O) groups is 1. The average Bonchev–Trinajstić information content (AvgIpc) is 2.95. The molecule has 6 nitrogen and oxygen atoms in total. The summed E-state index contributed by atoms with van der Waals surface area (Å²) in [5.74, 6) is 0.260. The van der Waals surface area contributed by atoms with E-state index in [0.29, 0.717) is 19.5 Å². The lowest BCUT2D eigenvalue weighted by molar-refractivity contribution is -0.133. The molecule has 3 rings (SSSR count). The number of aromatic nitrogens is 1. The van der Waals surface area contributed by atoms with Gasteiger partial charge in [-0.15, -0.1) is 0 Å². The molecule has 0 saturated carbocycles. The summed E-state index contributed by atoms with van der Waals surface area (Å²) in [4.78, 5) is 20.7. The van der Waals surface area contributed by atoms with E-state index in [4.69, 9.17) is 0 Å². The average molecular weight is 375 g/mol. The van der Waals surface area contributed by atoms with Crippen molar-refractivity contribution in [2.75, 3.05) is 31.6 Å². The molecule has 2 aromatic rings. The first kappa shape index (κ1) is 18.8. The molecular weight excluding hydrogens is 350 g/mol. The lowest BCUT2D eigenvalue weighted by Gasteiger charge is -2.29. The first-order valence-electron chi connectivity index (χ1n) is 8.90. The highest BCUT2D eigenvalue weighted by atomic mass is 32.2. The molecule has 0 spiro atoms. The predicted molar refractivity (Wildman–Crippen MR) is 103 cm³/mol. The molecule has 0 bridgehead atoms.